The first kappa shape index (κ1) is 15.9. The van der Waals surface area contributed by atoms with Crippen LogP contribution in [-0.4, -0.2) is 22.9 Å². The van der Waals surface area contributed by atoms with Crippen molar-refractivity contribution in [3.8, 4) is 0 Å². The van der Waals surface area contributed by atoms with Gasteiger partial charge >= 0.3 is 5.97 Å². The second-order valence-electron chi connectivity index (χ2n) is 4.78. The van der Waals surface area contributed by atoms with Crippen molar-refractivity contribution in [1.29, 1.82) is 0 Å². The lowest BCUT2D eigenvalue weighted by molar-refractivity contribution is 0.0524. The highest BCUT2D eigenvalue weighted by molar-refractivity contribution is 5.99. The second-order valence-corrected chi connectivity index (χ2v) is 4.78. The van der Waals surface area contributed by atoms with Gasteiger partial charge in [0.1, 0.15) is 11.4 Å². The van der Waals surface area contributed by atoms with Gasteiger partial charge in [-0.15, -0.1) is 0 Å². The van der Waals surface area contributed by atoms with Gasteiger partial charge in [0.2, 0.25) is 5.43 Å². The number of aryl methyl sites for hydroxylation is 1. The number of pyridine rings is 1. The first-order valence-corrected chi connectivity index (χ1v) is 6.95. The summed E-state index contributed by atoms with van der Waals surface area (Å²) in [5.41, 5.74) is -0.427. The molecule has 1 aromatic heterocycles. The standard InChI is InChI=1S/C16H16FNO4/c1-4-18-8-12(16(21)22-5-2)15(20)11-6-13(17)10(9(3)19)7-14(11)18/h6-8H,4-5H2,1-3H3. The monoisotopic (exact) mass is 305 g/mol. The van der Waals surface area contributed by atoms with Crippen molar-refractivity contribution in [3.05, 3.63) is 45.5 Å². The van der Waals surface area contributed by atoms with Crippen LogP contribution >= 0.6 is 0 Å². The Hall–Kier alpha value is -2.50. The van der Waals surface area contributed by atoms with E-state index in [-0.39, 0.29) is 23.1 Å². The van der Waals surface area contributed by atoms with Crippen molar-refractivity contribution in [2.45, 2.75) is 27.3 Å². The number of benzene rings is 1. The Morgan fingerprint density at radius 1 is 1.23 bits per heavy atom. The molecular weight excluding hydrogens is 289 g/mol. The zero-order valence-corrected chi connectivity index (χ0v) is 12.6. The average molecular weight is 305 g/mol. The van der Waals surface area contributed by atoms with Crippen molar-refractivity contribution in [3.63, 3.8) is 0 Å². The highest BCUT2D eigenvalue weighted by atomic mass is 19.1. The summed E-state index contributed by atoms with van der Waals surface area (Å²) in [6.07, 6.45) is 1.38. The lowest BCUT2D eigenvalue weighted by Gasteiger charge is -2.12. The average Bonchev–Trinajstić information content (AvgIpc) is 2.47. The third-order valence-electron chi connectivity index (χ3n) is 3.38. The first-order chi connectivity index (χ1) is 10.4. The number of halogens is 1. The molecule has 0 amide bonds. The molecule has 0 unspecified atom stereocenters. The van der Waals surface area contributed by atoms with Gasteiger partial charge in [-0.2, -0.15) is 0 Å². The highest BCUT2D eigenvalue weighted by Crippen LogP contribution is 2.19. The van der Waals surface area contributed by atoms with E-state index >= 15 is 0 Å². The van der Waals surface area contributed by atoms with Crippen LogP contribution in [0.25, 0.3) is 10.9 Å². The number of esters is 1. The quantitative estimate of drug-likeness (QED) is 0.643. The molecule has 116 valence electrons. The van der Waals surface area contributed by atoms with Crippen LogP contribution in [0.1, 0.15) is 41.5 Å². The fourth-order valence-electron chi connectivity index (χ4n) is 2.30. The molecule has 1 heterocycles. The van der Waals surface area contributed by atoms with Crippen LogP contribution in [0.15, 0.2) is 23.1 Å². The van der Waals surface area contributed by atoms with Gasteiger partial charge in [-0.3, -0.25) is 9.59 Å². The zero-order valence-electron chi connectivity index (χ0n) is 12.6. The molecule has 2 rings (SSSR count). The molecule has 0 aliphatic rings. The normalized spacial score (nSPS) is 10.7. The van der Waals surface area contributed by atoms with Crippen molar-refractivity contribution in [2.75, 3.05) is 6.61 Å². The molecule has 0 radical (unpaired) electrons. The highest BCUT2D eigenvalue weighted by Gasteiger charge is 2.19. The third kappa shape index (κ3) is 2.64. The number of carbonyl (C=O) groups is 2. The Kier molecular flexibility index (Phi) is 4.40. The first-order valence-electron chi connectivity index (χ1n) is 6.95. The number of hydrogen-bond donors (Lipinski definition) is 0. The zero-order chi connectivity index (χ0) is 16.4. The molecule has 0 spiro atoms. The van der Waals surface area contributed by atoms with Crippen LogP contribution in [0.5, 0.6) is 0 Å². The van der Waals surface area contributed by atoms with Crippen molar-refractivity contribution < 1.29 is 18.7 Å². The van der Waals surface area contributed by atoms with E-state index in [1.54, 1.807) is 11.5 Å². The summed E-state index contributed by atoms with van der Waals surface area (Å²) in [7, 11) is 0. The van der Waals surface area contributed by atoms with Crippen molar-refractivity contribution in [1.82, 2.24) is 4.57 Å². The smallest absolute Gasteiger partial charge is 0.343 e. The van der Waals surface area contributed by atoms with Gasteiger partial charge in [-0.25, -0.2) is 9.18 Å². The number of nitrogens with zero attached hydrogens (tertiary/aromatic N) is 1. The van der Waals surface area contributed by atoms with Crippen molar-refractivity contribution >= 4 is 22.7 Å². The second kappa shape index (κ2) is 6.09. The molecule has 0 saturated heterocycles. The van der Waals surface area contributed by atoms with Gasteiger partial charge in [0.05, 0.1) is 17.7 Å². The summed E-state index contributed by atoms with van der Waals surface area (Å²) in [5.74, 6) is -1.95. The van der Waals surface area contributed by atoms with E-state index in [2.05, 4.69) is 0 Å². The maximum absolute atomic E-state index is 14.0. The minimum Gasteiger partial charge on any atom is -0.462 e. The molecule has 0 aliphatic heterocycles. The number of aromatic nitrogens is 1. The Morgan fingerprint density at radius 3 is 2.45 bits per heavy atom. The Balaban J connectivity index is 2.84. The van der Waals surface area contributed by atoms with Crippen molar-refractivity contribution in [2.24, 2.45) is 0 Å². The van der Waals surface area contributed by atoms with Gasteiger partial charge in [0.25, 0.3) is 0 Å². The number of carbonyl (C=O) groups excluding carboxylic acids is 2. The minimum atomic E-state index is -0.777. The molecule has 0 atom stereocenters. The minimum absolute atomic E-state index is 0.0508. The SMILES string of the molecule is CCOC(=O)c1cn(CC)c2cc(C(C)=O)c(F)cc2c1=O. The Labute approximate surface area is 126 Å². The van der Waals surface area contributed by atoms with Gasteiger partial charge in [0, 0.05) is 18.1 Å². The fourth-order valence-corrected chi connectivity index (χ4v) is 2.30. The predicted molar refractivity (Wildman–Crippen MR) is 79.8 cm³/mol. The van der Waals surface area contributed by atoms with Crippen LogP contribution in [0.4, 0.5) is 4.39 Å². The number of fused-ring (bicyclic) bond motifs is 1. The van der Waals surface area contributed by atoms with Gasteiger partial charge in [0.15, 0.2) is 5.78 Å². The topological polar surface area (TPSA) is 65.4 Å². The van der Waals surface area contributed by atoms with Gasteiger partial charge in [-0.05, 0) is 32.9 Å². The van der Waals surface area contributed by atoms with Crippen LogP contribution in [0, 0.1) is 5.82 Å². The number of rotatable bonds is 4. The maximum Gasteiger partial charge on any atom is 0.343 e. The molecule has 0 bridgehead atoms. The Morgan fingerprint density at radius 2 is 1.91 bits per heavy atom. The number of ketones is 1. The van der Waals surface area contributed by atoms with Crippen LogP contribution in [-0.2, 0) is 11.3 Å². The maximum atomic E-state index is 14.0. The van der Waals surface area contributed by atoms with E-state index in [4.69, 9.17) is 4.74 Å². The van der Waals surface area contributed by atoms with Gasteiger partial charge in [-0.1, -0.05) is 0 Å². The summed E-state index contributed by atoms with van der Waals surface area (Å²) in [4.78, 5) is 35.7. The molecule has 0 aliphatic carbocycles. The summed E-state index contributed by atoms with van der Waals surface area (Å²) in [6, 6.07) is 2.34. The van der Waals surface area contributed by atoms with Crippen LogP contribution in [0.3, 0.4) is 0 Å². The summed E-state index contributed by atoms with van der Waals surface area (Å²) in [6.45, 7) is 5.30. The number of hydrogen-bond acceptors (Lipinski definition) is 4. The summed E-state index contributed by atoms with van der Waals surface area (Å²) < 4.78 is 20.5. The molecule has 2 aromatic rings. The third-order valence-corrected chi connectivity index (χ3v) is 3.38. The molecule has 5 nitrogen and oxygen atoms in total. The van der Waals surface area contributed by atoms with E-state index in [1.165, 1.54) is 19.2 Å². The summed E-state index contributed by atoms with van der Waals surface area (Å²) >= 11 is 0. The van der Waals surface area contributed by atoms with Crippen LogP contribution in [0.2, 0.25) is 0 Å². The van der Waals surface area contributed by atoms with Crippen LogP contribution < -0.4 is 5.43 Å². The molecule has 0 saturated carbocycles. The van der Waals surface area contributed by atoms with Gasteiger partial charge < -0.3 is 9.30 Å². The molecule has 1 aromatic carbocycles. The van der Waals surface area contributed by atoms with E-state index in [0.29, 0.717) is 12.1 Å². The van der Waals surface area contributed by atoms with E-state index in [1.807, 2.05) is 6.92 Å². The largest absolute Gasteiger partial charge is 0.462 e. The Bertz CT molecular complexity index is 823. The predicted octanol–water partition coefficient (Wildman–Crippen LogP) is 2.54. The molecule has 22 heavy (non-hydrogen) atoms. The summed E-state index contributed by atoms with van der Waals surface area (Å²) in [5, 5.41) is 0.0508. The molecular formula is C16H16FNO4. The number of Topliss-reactive ketones (excluding diaryl/α,β-unsaturated/α-hetero) is 1. The van der Waals surface area contributed by atoms with E-state index in [9.17, 15) is 18.8 Å². The lowest BCUT2D eigenvalue weighted by atomic mass is 10.1. The lowest BCUT2D eigenvalue weighted by Crippen LogP contribution is -2.21. The van der Waals surface area contributed by atoms with E-state index in [0.717, 1.165) is 6.07 Å². The molecule has 0 N–H and O–H groups in total. The molecule has 0 fully saturated rings. The molecule has 6 heteroatoms. The van der Waals surface area contributed by atoms with E-state index < -0.39 is 23.0 Å². The number of ether oxygens (including phenoxy) is 1. The fraction of sp³-hybridized carbons (Fsp3) is 0.312.